The van der Waals surface area contributed by atoms with Crippen molar-refractivity contribution in [3.05, 3.63) is 53.6 Å². The molecule has 1 N–H and O–H groups in total. The van der Waals surface area contributed by atoms with Crippen LogP contribution in [0.4, 0.5) is 11.4 Å². The highest BCUT2D eigenvalue weighted by molar-refractivity contribution is 5.63. The van der Waals surface area contributed by atoms with Crippen LogP contribution in [0.3, 0.4) is 0 Å². The van der Waals surface area contributed by atoms with E-state index >= 15 is 0 Å². The molecule has 0 aromatic heterocycles. The molecule has 3 nitrogen and oxygen atoms in total. The SMILES string of the molecule is COc1cccc(Nc2ccc(C#N)c(C)c2)c1. The van der Waals surface area contributed by atoms with Crippen molar-refractivity contribution in [1.29, 1.82) is 5.26 Å². The molecule has 0 atom stereocenters. The number of aryl methyl sites for hydroxylation is 1. The van der Waals surface area contributed by atoms with Gasteiger partial charge in [-0.2, -0.15) is 5.26 Å². The van der Waals surface area contributed by atoms with E-state index in [9.17, 15) is 0 Å². The smallest absolute Gasteiger partial charge is 0.120 e. The van der Waals surface area contributed by atoms with Gasteiger partial charge in [-0.3, -0.25) is 0 Å². The molecule has 2 aromatic rings. The Hall–Kier alpha value is -2.47. The molecule has 0 amide bonds. The van der Waals surface area contributed by atoms with Crippen molar-refractivity contribution >= 4 is 11.4 Å². The lowest BCUT2D eigenvalue weighted by molar-refractivity contribution is 0.415. The summed E-state index contributed by atoms with van der Waals surface area (Å²) in [4.78, 5) is 0. The number of methoxy groups -OCH3 is 1. The highest BCUT2D eigenvalue weighted by Gasteiger charge is 2.00. The Morgan fingerprint density at radius 1 is 1.11 bits per heavy atom. The van der Waals surface area contributed by atoms with Crippen LogP contribution >= 0.6 is 0 Å². The van der Waals surface area contributed by atoms with Crippen LogP contribution in [0.15, 0.2) is 42.5 Å². The summed E-state index contributed by atoms with van der Waals surface area (Å²) >= 11 is 0. The van der Waals surface area contributed by atoms with Crippen LogP contribution in [-0.4, -0.2) is 7.11 Å². The third kappa shape index (κ3) is 2.61. The molecule has 0 saturated heterocycles. The van der Waals surface area contributed by atoms with Gasteiger partial charge in [-0.1, -0.05) is 6.07 Å². The molecule has 0 heterocycles. The van der Waals surface area contributed by atoms with Gasteiger partial charge in [0.25, 0.3) is 0 Å². The van der Waals surface area contributed by atoms with Crippen molar-refractivity contribution in [2.24, 2.45) is 0 Å². The monoisotopic (exact) mass is 238 g/mol. The fraction of sp³-hybridized carbons (Fsp3) is 0.133. The van der Waals surface area contributed by atoms with Gasteiger partial charge in [-0.05, 0) is 42.8 Å². The Labute approximate surface area is 107 Å². The fourth-order valence-corrected chi connectivity index (χ4v) is 1.73. The number of benzene rings is 2. The molecule has 2 rings (SSSR count). The Morgan fingerprint density at radius 2 is 1.89 bits per heavy atom. The van der Waals surface area contributed by atoms with Gasteiger partial charge in [-0.25, -0.2) is 0 Å². The molecule has 0 bridgehead atoms. The van der Waals surface area contributed by atoms with Gasteiger partial charge in [0, 0.05) is 17.4 Å². The van der Waals surface area contributed by atoms with E-state index in [0.29, 0.717) is 5.56 Å². The minimum absolute atomic E-state index is 0.700. The molecule has 0 radical (unpaired) electrons. The summed E-state index contributed by atoms with van der Waals surface area (Å²) < 4.78 is 5.17. The summed E-state index contributed by atoms with van der Waals surface area (Å²) in [6.07, 6.45) is 0. The Morgan fingerprint density at radius 3 is 2.56 bits per heavy atom. The number of anilines is 2. The van der Waals surface area contributed by atoms with Crippen molar-refractivity contribution in [2.45, 2.75) is 6.92 Å². The van der Waals surface area contributed by atoms with Gasteiger partial charge < -0.3 is 10.1 Å². The predicted molar refractivity (Wildman–Crippen MR) is 72.2 cm³/mol. The molecule has 0 saturated carbocycles. The van der Waals surface area contributed by atoms with Crippen LogP contribution < -0.4 is 10.1 Å². The maximum atomic E-state index is 8.88. The van der Waals surface area contributed by atoms with Gasteiger partial charge in [0.2, 0.25) is 0 Å². The lowest BCUT2D eigenvalue weighted by Gasteiger charge is -2.09. The lowest BCUT2D eigenvalue weighted by Crippen LogP contribution is -1.93. The number of nitriles is 1. The summed E-state index contributed by atoms with van der Waals surface area (Å²) in [6, 6.07) is 15.5. The predicted octanol–water partition coefficient (Wildman–Crippen LogP) is 3.62. The number of nitrogens with zero attached hydrogens (tertiary/aromatic N) is 1. The van der Waals surface area contributed by atoms with E-state index in [4.69, 9.17) is 10.00 Å². The van der Waals surface area contributed by atoms with E-state index < -0.39 is 0 Å². The zero-order valence-electron chi connectivity index (χ0n) is 10.4. The molecule has 2 aromatic carbocycles. The van der Waals surface area contributed by atoms with Crippen LogP contribution in [0, 0.1) is 18.3 Å². The molecule has 0 aliphatic heterocycles. The summed E-state index contributed by atoms with van der Waals surface area (Å²) in [5.41, 5.74) is 3.58. The Balaban J connectivity index is 2.23. The van der Waals surface area contributed by atoms with E-state index in [0.717, 1.165) is 22.7 Å². The molecule has 0 unspecified atom stereocenters. The third-order valence-corrected chi connectivity index (χ3v) is 2.71. The Kier molecular flexibility index (Phi) is 3.49. The van der Waals surface area contributed by atoms with E-state index in [1.807, 2.05) is 49.4 Å². The standard InChI is InChI=1S/C15H14N2O/c1-11-8-14(7-6-12(11)10-16)17-13-4-3-5-15(9-13)18-2/h3-9,17H,1-2H3. The minimum atomic E-state index is 0.700. The van der Waals surface area contributed by atoms with Gasteiger partial charge in [0.15, 0.2) is 0 Å². The van der Waals surface area contributed by atoms with E-state index in [-0.39, 0.29) is 0 Å². The first-order valence-electron chi connectivity index (χ1n) is 5.65. The lowest BCUT2D eigenvalue weighted by atomic mass is 10.1. The second-order valence-electron chi connectivity index (χ2n) is 4.00. The number of rotatable bonds is 3. The van der Waals surface area contributed by atoms with Crippen molar-refractivity contribution in [3.8, 4) is 11.8 Å². The molecule has 3 heteroatoms. The van der Waals surface area contributed by atoms with Crippen molar-refractivity contribution in [3.63, 3.8) is 0 Å². The number of nitrogens with one attached hydrogen (secondary N) is 1. The first-order chi connectivity index (χ1) is 8.72. The minimum Gasteiger partial charge on any atom is -0.497 e. The Bertz CT molecular complexity index is 600. The first-order valence-corrected chi connectivity index (χ1v) is 5.65. The summed E-state index contributed by atoms with van der Waals surface area (Å²) in [7, 11) is 1.64. The zero-order valence-corrected chi connectivity index (χ0v) is 10.4. The van der Waals surface area contributed by atoms with Gasteiger partial charge in [0.1, 0.15) is 5.75 Å². The van der Waals surface area contributed by atoms with Crippen molar-refractivity contribution in [1.82, 2.24) is 0 Å². The number of ether oxygens (including phenoxy) is 1. The molecule has 0 fully saturated rings. The fourth-order valence-electron chi connectivity index (χ4n) is 1.73. The summed E-state index contributed by atoms with van der Waals surface area (Å²) in [6.45, 7) is 1.93. The average molecular weight is 238 g/mol. The quantitative estimate of drug-likeness (QED) is 0.888. The third-order valence-electron chi connectivity index (χ3n) is 2.71. The van der Waals surface area contributed by atoms with E-state index in [1.165, 1.54) is 0 Å². The zero-order chi connectivity index (χ0) is 13.0. The van der Waals surface area contributed by atoms with Gasteiger partial charge in [-0.15, -0.1) is 0 Å². The molecular weight excluding hydrogens is 224 g/mol. The van der Waals surface area contributed by atoms with Crippen molar-refractivity contribution in [2.75, 3.05) is 12.4 Å². The van der Waals surface area contributed by atoms with Crippen molar-refractivity contribution < 1.29 is 4.74 Å². The maximum Gasteiger partial charge on any atom is 0.120 e. The van der Waals surface area contributed by atoms with E-state index in [2.05, 4.69) is 11.4 Å². The summed E-state index contributed by atoms with van der Waals surface area (Å²) in [5.74, 6) is 0.811. The largest absolute Gasteiger partial charge is 0.497 e. The van der Waals surface area contributed by atoms with Crippen LogP contribution in [0.25, 0.3) is 0 Å². The average Bonchev–Trinajstić information content (AvgIpc) is 2.39. The molecule has 0 aliphatic carbocycles. The second-order valence-corrected chi connectivity index (χ2v) is 4.00. The number of hydrogen-bond donors (Lipinski definition) is 1. The van der Waals surface area contributed by atoms with Crippen LogP contribution in [0.5, 0.6) is 5.75 Å². The van der Waals surface area contributed by atoms with Crippen LogP contribution in [0.2, 0.25) is 0 Å². The van der Waals surface area contributed by atoms with E-state index in [1.54, 1.807) is 7.11 Å². The topological polar surface area (TPSA) is 45.0 Å². The molecular formula is C15H14N2O. The van der Waals surface area contributed by atoms with Crippen LogP contribution in [0.1, 0.15) is 11.1 Å². The summed E-state index contributed by atoms with van der Waals surface area (Å²) in [5, 5.41) is 12.2. The van der Waals surface area contributed by atoms with Crippen LogP contribution in [-0.2, 0) is 0 Å². The van der Waals surface area contributed by atoms with Gasteiger partial charge >= 0.3 is 0 Å². The highest BCUT2D eigenvalue weighted by Crippen LogP contribution is 2.22. The molecule has 0 spiro atoms. The second kappa shape index (κ2) is 5.24. The highest BCUT2D eigenvalue weighted by atomic mass is 16.5. The molecule has 90 valence electrons. The van der Waals surface area contributed by atoms with Gasteiger partial charge in [0.05, 0.1) is 18.7 Å². The molecule has 18 heavy (non-hydrogen) atoms. The number of hydrogen-bond acceptors (Lipinski definition) is 3. The normalized spacial score (nSPS) is 9.61. The first kappa shape index (κ1) is 12.0. The maximum absolute atomic E-state index is 8.88. The molecule has 0 aliphatic rings.